The van der Waals surface area contributed by atoms with Gasteiger partial charge in [-0.25, -0.2) is 0 Å². The maximum atomic E-state index is 13.9. The number of amides is 4. The average molecular weight is 731 g/mol. The molecule has 3 aromatic rings. The van der Waals surface area contributed by atoms with Crippen molar-refractivity contribution in [3.63, 3.8) is 0 Å². The fourth-order valence-corrected chi connectivity index (χ4v) is 9.60. The van der Waals surface area contributed by atoms with E-state index in [-0.39, 0.29) is 23.6 Å². The molecule has 7 rings (SSSR count). The molecule has 8 nitrogen and oxygen atoms in total. The van der Waals surface area contributed by atoms with Gasteiger partial charge in [-0.1, -0.05) is 83.1 Å². The first-order valence-electron chi connectivity index (χ1n) is 21.0. The first-order valence-corrected chi connectivity index (χ1v) is 21.0. The van der Waals surface area contributed by atoms with Crippen molar-refractivity contribution in [3.8, 4) is 0 Å². The van der Waals surface area contributed by atoms with Gasteiger partial charge in [0, 0.05) is 57.8 Å². The summed E-state index contributed by atoms with van der Waals surface area (Å²) in [6.45, 7) is 0. The molecule has 0 radical (unpaired) electrons. The van der Waals surface area contributed by atoms with E-state index in [2.05, 4.69) is 20.4 Å². The zero-order valence-corrected chi connectivity index (χ0v) is 31.9. The summed E-state index contributed by atoms with van der Waals surface area (Å²) < 4.78 is 0. The standard InChI is InChI=1S/C46H58N4O4/c51-43(33-24-28-35(29-25-33)45(53)49(39-16-5-1-6-17-39)40-18-7-2-8-19-40)47-37-14-13-15-38(32-37)48-44(52)34-26-30-36(31-27-34)46(54)50(41-20-9-3-10-21-41)42-22-11-4-12-23-42/h13-15,24-32,39-42H,1-12,16-23H2,(H,47,51)(H,48,52). The number of nitrogens with zero attached hydrogens (tertiary/aromatic N) is 2. The van der Waals surface area contributed by atoms with Gasteiger partial charge in [-0.3, -0.25) is 19.2 Å². The number of anilines is 2. The second-order valence-electron chi connectivity index (χ2n) is 16.2. The van der Waals surface area contributed by atoms with E-state index in [4.69, 9.17) is 0 Å². The Balaban J connectivity index is 0.963. The first-order chi connectivity index (χ1) is 26.4. The zero-order valence-electron chi connectivity index (χ0n) is 31.9. The molecular weight excluding hydrogens is 673 g/mol. The quantitative estimate of drug-likeness (QED) is 0.217. The van der Waals surface area contributed by atoms with Crippen molar-refractivity contribution in [2.75, 3.05) is 10.6 Å². The van der Waals surface area contributed by atoms with Gasteiger partial charge in [-0.15, -0.1) is 0 Å². The summed E-state index contributed by atoms with van der Waals surface area (Å²) in [7, 11) is 0. The number of hydrogen-bond donors (Lipinski definition) is 2. The van der Waals surface area contributed by atoms with Gasteiger partial charge in [-0.05, 0) is 118 Å². The van der Waals surface area contributed by atoms with Gasteiger partial charge in [0.15, 0.2) is 0 Å². The molecule has 3 aromatic carbocycles. The molecule has 0 atom stereocenters. The van der Waals surface area contributed by atoms with Crippen molar-refractivity contribution >= 4 is 35.0 Å². The molecular formula is C46H58N4O4. The van der Waals surface area contributed by atoms with Crippen molar-refractivity contribution in [3.05, 3.63) is 95.1 Å². The van der Waals surface area contributed by atoms with Crippen molar-refractivity contribution in [2.24, 2.45) is 0 Å². The fraction of sp³-hybridized carbons (Fsp3) is 0.522. The fourth-order valence-electron chi connectivity index (χ4n) is 9.60. The van der Waals surface area contributed by atoms with Crippen molar-refractivity contribution in [1.82, 2.24) is 9.80 Å². The molecule has 0 aliphatic heterocycles. The summed E-state index contributed by atoms with van der Waals surface area (Å²) in [6, 6.07) is 22.4. The van der Waals surface area contributed by atoms with Gasteiger partial charge in [0.1, 0.15) is 0 Å². The summed E-state index contributed by atoms with van der Waals surface area (Å²) in [4.78, 5) is 58.8. The van der Waals surface area contributed by atoms with E-state index in [0.717, 1.165) is 51.4 Å². The molecule has 8 heteroatoms. The van der Waals surface area contributed by atoms with E-state index >= 15 is 0 Å². The van der Waals surface area contributed by atoms with Crippen LogP contribution in [0.25, 0.3) is 0 Å². The van der Waals surface area contributed by atoms with Crippen LogP contribution in [0.5, 0.6) is 0 Å². The van der Waals surface area contributed by atoms with Gasteiger partial charge < -0.3 is 20.4 Å². The lowest BCUT2D eigenvalue weighted by Crippen LogP contribution is -2.48. The predicted octanol–water partition coefficient (Wildman–Crippen LogP) is 10.4. The molecule has 54 heavy (non-hydrogen) atoms. The summed E-state index contributed by atoms with van der Waals surface area (Å²) in [5, 5.41) is 5.89. The molecule has 4 saturated carbocycles. The Kier molecular flexibility index (Phi) is 12.8. The van der Waals surface area contributed by atoms with E-state index in [9.17, 15) is 19.2 Å². The highest BCUT2D eigenvalue weighted by atomic mass is 16.2. The third-order valence-corrected chi connectivity index (χ3v) is 12.5. The summed E-state index contributed by atoms with van der Waals surface area (Å²) in [5.41, 5.74) is 3.28. The second-order valence-corrected chi connectivity index (χ2v) is 16.2. The van der Waals surface area contributed by atoms with E-state index in [0.29, 0.717) is 57.8 Å². The van der Waals surface area contributed by atoms with E-state index in [1.807, 2.05) is 0 Å². The van der Waals surface area contributed by atoms with Crippen LogP contribution in [0.3, 0.4) is 0 Å². The van der Waals surface area contributed by atoms with Crippen molar-refractivity contribution in [2.45, 2.75) is 153 Å². The topological polar surface area (TPSA) is 98.8 Å². The molecule has 4 fully saturated rings. The maximum Gasteiger partial charge on any atom is 0.255 e. The van der Waals surface area contributed by atoms with Crippen LogP contribution >= 0.6 is 0 Å². The average Bonchev–Trinajstić information content (AvgIpc) is 3.23. The van der Waals surface area contributed by atoms with Crippen LogP contribution in [0.2, 0.25) is 0 Å². The van der Waals surface area contributed by atoms with Crippen LogP contribution in [0.4, 0.5) is 11.4 Å². The molecule has 0 heterocycles. The van der Waals surface area contributed by atoms with Crippen LogP contribution in [0.1, 0.15) is 170 Å². The maximum absolute atomic E-state index is 13.9. The van der Waals surface area contributed by atoms with Crippen LogP contribution in [0.15, 0.2) is 72.8 Å². The van der Waals surface area contributed by atoms with E-state index < -0.39 is 0 Å². The number of rotatable bonds is 10. The van der Waals surface area contributed by atoms with E-state index in [1.165, 1.54) is 77.0 Å². The van der Waals surface area contributed by atoms with Crippen LogP contribution in [-0.2, 0) is 0 Å². The highest BCUT2D eigenvalue weighted by Gasteiger charge is 2.34. The molecule has 2 N–H and O–H groups in total. The Labute approximate surface area is 321 Å². The van der Waals surface area contributed by atoms with Gasteiger partial charge in [0.05, 0.1) is 0 Å². The Morgan fingerprint density at radius 1 is 0.389 bits per heavy atom. The summed E-state index contributed by atoms with van der Waals surface area (Å²) in [5.74, 6) is -0.396. The number of carbonyl (C=O) groups is 4. The Morgan fingerprint density at radius 2 is 0.667 bits per heavy atom. The zero-order chi connectivity index (χ0) is 37.3. The third-order valence-electron chi connectivity index (χ3n) is 12.5. The minimum atomic E-state index is -0.287. The molecule has 4 aliphatic rings. The smallest absolute Gasteiger partial charge is 0.255 e. The van der Waals surface area contributed by atoms with E-state index in [1.54, 1.807) is 72.8 Å². The molecule has 0 spiro atoms. The van der Waals surface area contributed by atoms with Crippen LogP contribution < -0.4 is 10.6 Å². The molecule has 0 unspecified atom stereocenters. The molecule has 286 valence electrons. The largest absolute Gasteiger partial charge is 0.333 e. The Morgan fingerprint density at radius 3 is 0.963 bits per heavy atom. The first kappa shape index (κ1) is 37.8. The lowest BCUT2D eigenvalue weighted by Gasteiger charge is -2.42. The molecule has 0 saturated heterocycles. The minimum Gasteiger partial charge on any atom is -0.333 e. The highest BCUT2D eigenvalue weighted by molar-refractivity contribution is 6.07. The minimum absolute atomic E-state index is 0.0892. The number of hydrogen-bond acceptors (Lipinski definition) is 4. The van der Waals surface area contributed by atoms with Gasteiger partial charge in [0.25, 0.3) is 23.6 Å². The normalized spacial score (nSPS) is 19.1. The number of benzene rings is 3. The molecule has 0 bridgehead atoms. The Bertz CT molecular complexity index is 1570. The second kappa shape index (κ2) is 18.2. The predicted molar refractivity (Wildman–Crippen MR) is 215 cm³/mol. The lowest BCUT2D eigenvalue weighted by molar-refractivity contribution is 0.0441. The van der Waals surface area contributed by atoms with Gasteiger partial charge in [0.2, 0.25) is 0 Å². The molecule has 4 amide bonds. The number of nitrogens with one attached hydrogen (secondary N) is 2. The summed E-state index contributed by atoms with van der Waals surface area (Å²) >= 11 is 0. The van der Waals surface area contributed by atoms with Crippen molar-refractivity contribution < 1.29 is 19.2 Å². The van der Waals surface area contributed by atoms with Gasteiger partial charge in [-0.2, -0.15) is 0 Å². The highest BCUT2D eigenvalue weighted by Crippen LogP contribution is 2.33. The van der Waals surface area contributed by atoms with Gasteiger partial charge >= 0.3 is 0 Å². The number of carbonyl (C=O) groups excluding carboxylic acids is 4. The monoisotopic (exact) mass is 730 g/mol. The van der Waals surface area contributed by atoms with Crippen LogP contribution in [0, 0.1) is 0 Å². The third kappa shape index (κ3) is 9.24. The van der Waals surface area contributed by atoms with Crippen LogP contribution in [-0.4, -0.2) is 57.6 Å². The lowest BCUT2D eigenvalue weighted by atomic mass is 9.88. The molecule has 0 aromatic heterocycles. The summed E-state index contributed by atoms with van der Waals surface area (Å²) in [6.07, 6.45) is 23.1. The molecule has 4 aliphatic carbocycles. The SMILES string of the molecule is O=C(Nc1cccc(NC(=O)c2ccc(C(=O)N(C3CCCCC3)C3CCCCC3)cc2)c1)c1ccc(C(=O)N(C2CCCCC2)C2CCCCC2)cc1. The van der Waals surface area contributed by atoms with Crippen molar-refractivity contribution in [1.29, 1.82) is 0 Å². The Hall–Kier alpha value is -4.46.